The maximum absolute atomic E-state index is 9.87. The third-order valence-corrected chi connectivity index (χ3v) is 0.765. The maximum Gasteiger partial charge on any atom is 0.310 e. The van der Waals surface area contributed by atoms with E-state index >= 15 is 0 Å². The standard InChI is InChI=1S/C4H6O3.C4H10O.C2H5.Ti/c1-3(5)2-4(6)7;1-4(2)3-5;1-2;/h2H2,1H3,(H,6,7);4-5H,3H2,1-2H3;1H2,2H3;/q;;-1;. The van der Waals surface area contributed by atoms with E-state index in [0.717, 1.165) is 0 Å². The van der Waals surface area contributed by atoms with Crippen LogP contribution in [0.5, 0.6) is 0 Å². The third kappa shape index (κ3) is 57.0. The van der Waals surface area contributed by atoms with Crippen molar-refractivity contribution < 1.29 is 41.5 Å². The van der Waals surface area contributed by atoms with E-state index in [2.05, 4.69) is 6.92 Å². The first-order chi connectivity index (χ1) is 6.40. The Kier molecular flexibility index (Phi) is 31.3. The molecule has 5 heteroatoms. The van der Waals surface area contributed by atoms with Crippen molar-refractivity contribution in [2.75, 3.05) is 6.61 Å². The molecule has 0 radical (unpaired) electrons. The van der Waals surface area contributed by atoms with Gasteiger partial charge in [-0.05, 0) is 12.8 Å². The van der Waals surface area contributed by atoms with Gasteiger partial charge < -0.3 is 17.1 Å². The fourth-order valence-electron chi connectivity index (χ4n) is 0.213. The number of ketones is 1. The van der Waals surface area contributed by atoms with Crippen LogP contribution in [0.25, 0.3) is 0 Å². The van der Waals surface area contributed by atoms with Crippen LogP contribution in [0.2, 0.25) is 0 Å². The molecule has 0 aromatic rings. The summed E-state index contributed by atoms with van der Waals surface area (Å²) >= 11 is 0. The van der Waals surface area contributed by atoms with Crippen molar-refractivity contribution in [3.8, 4) is 0 Å². The molecule has 0 spiro atoms. The molecule has 0 aliphatic heterocycles. The van der Waals surface area contributed by atoms with Gasteiger partial charge in [0.05, 0.1) is 0 Å². The van der Waals surface area contributed by atoms with Crippen molar-refractivity contribution in [2.24, 2.45) is 5.92 Å². The van der Waals surface area contributed by atoms with Crippen LogP contribution in [-0.4, -0.2) is 28.6 Å². The second-order valence-electron chi connectivity index (χ2n) is 2.85. The summed E-state index contributed by atoms with van der Waals surface area (Å²) < 4.78 is 0. The Bertz CT molecular complexity index is 134. The van der Waals surface area contributed by atoms with Crippen LogP contribution in [-0.2, 0) is 31.3 Å². The molecule has 0 rings (SSSR count). The topological polar surface area (TPSA) is 74.6 Å². The summed E-state index contributed by atoms with van der Waals surface area (Å²) in [5.41, 5.74) is 0. The summed E-state index contributed by atoms with van der Waals surface area (Å²) in [6, 6.07) is 0. The van der Waals surface area contributed by atoms with Gasteiger partial charge in [-0.2, -0.15) is 6.92 Å². The number of carbonyl (C=O) groups excluding carboxylic acids is 1. The minimum atomic E-state index is -1.06. The number of carboxylic acid groups (broad SMARTS) is 1. The van der Waals surface area contributed by atoms with Crippen molar-refractivity contribution >= 4 is 11.8 Å². The second kappa shape index (κ2) is 19.4. The van der Waals surface area contributed by atoms with Crippen molar-refractivity contribution in [3.05, 3.63) is 6.92 Å². The second-order valence-corrected chi connectivity index (χ2v) is 2.85. The summed E-state index contributed by atoms with van der Waals surface area (Å²) in [5.74, 6) is -0.935. The molecular weight excluding hydrogens is 232 g/mol. The van der Waals surface area contributed by atoms with E-state index in [1.807, 2.05) is 13.8 Å². The minimum Gasteiger partial charge on any atom is -0.481 e. The van der Waals surface area contributed by atoms with E-state index < -0.39 is 5.97 Å². The van der Waals surface area contributed by atoms with Crippen LogP contribution in [0.15, 0.2) is 0 Å². The number of rotatable bonds is 3. The van der Waals surface area contributed by atoms with Crippen LogP contribution >= 0.6 is 0 Å². The first-order valence-electron chi connectivity index (χ1n) is 4.43. The molecule has 4 nitrogen and oxygen atoms in total. The summed E-state index contributed by atoms with van der Waals surface area (Å²) in [5, 5.41) is 16.0. The fourth-order valence-corrected chi connectivity index (χ4v) is 0.213. The van der Waals surface area contributed by atoms with Crippen LogP contribution < -0.4 is 0 Å². The molecule has 0 bridgehead atoms. The van der Waals surface area contributed by atoms with Crippen LogP contribution in [0.1, 0.15) is 34.1 Å². The molecule has 0 saturated heterocycles. The zero-order valence-corrected chi connectivity index (χ0v) is 11.5. The van der Waals surface area contributed by atoms with Gasteiger partial charge in [0.15, 0.2) is 0 Å². The quantitative estimate of drug-likeness (QED) is 0.454. The van der Waals surface area contributed by atoms with E-state index in [4.69, 9.17) is 10.2 Å². The maximum atomic E-state index is 9.87. The van der Waals surface area contributed by atoms with Crippen LogP contribution in [0.4, 0.5) is 0 Å². The molecular formula is C10H21O4Ti-. The van der Waals surface area contributed by atoms with Gasteiger partial charge in [-0.1, -0.05) is 13.8 Å². The van der Waals surface area contributed by atoms with E-state index in [1.54, 1.807) is 6.92 Å². The van der Waals surface area contributed by atoms with Crippen molar-refractivity contribution in [1.82, 2.24) is 0 Å². The molecule has 0 heterocycles. The Labute approximate surface area is 107 Å². The minimum absolute atomic E-state index is 0. The van der Waals surface area contributed by atoms with Gasteiger partial charge in [0, 0.05) is 28.3 Å². The molecule has 0 saturated carbocycles. The van der Waals surface area contributed by atoms with Gasteiger partial charge >= 0.3 is 5.97 Å². The normalized spacial score (nSPS) is 7.40. The van der Waals surface area contributed by atoms with Crippen molar-refractivity contribution in [2.45, 2.75) is 34.1 Å². The summed E-state index contributed by atoms with van der Waals surface area (Å²) in [6.45, 7) is 10.5. The first-order valence-corrected chi connectivity index (χ1v) is 4.43. The SMILES string of the molecule is CC(=O)CC(=O)O.CC(C)CO.[CH2-]C.[Ti]. The molecule has 0 amide bonds. The summed E-state index contributed by atoms with van der Waals surface area (Å²) in [6.07, 6.45) is -0.361. The van der Waals surface area contributed by atoms with Crippen LogP contribution in [0, 0.1) is 12.8 Å². The smallest absolute Gasteiger partial charge is 0.310 e. The zero-order valence-electron chi connectivity index (χ0n) is 9.91. The van der Waals surface area contributed by atoms with Crippen molar-refractivity contribution in [3.63, 3.8) is 0 Å². The van der Waals surface area contributed by atoms with Gasteiger partial charge in [-0.15, -0.1) is 0 Å². The zero-order chi connectivity index (χ0) is 12.1. The molecule has 0 unspecified atom stereocenters. The number of hydrogen-bond donors (Lipinski definition) is 2. The van der Waals surface area contributed by atoms with Gasteiger partial charge in [0.2, 0.25) is 0 Å². The monoisotopic (exact) mass is 253 g/mol. The molecule has 0 fully saturated rings. The Morgan fingerprint density at radius 3 is 1.53 bits per heavy atom. The molecule has 0 aromatic heterocycles. The number of aliphatic hydroxyl groups excluding tert-OH is 1. The summed E-state index contributed by atoms with van der Waals surface area (Å²) in [7, 11) is 0. The Hall–Kier alpha value is -0.186. The molecule has 0 aliphatic rings. The fraction of sp³-hybridized carbons (Fsp3) is 0.700. The number of aliphatic hydroxyl groups is 1. The van der Waals surface area contributed by atoms with E-state index in [0.29, 0.717) is 12.5 Å². The van der Waals surface area contributed by atoms with Gasteiger partial charge in [0.1, 0.15) is 12.2 Å². The van der Waals surface area contributed by atoms with Gasteiger partial charge in [-0.3, -0.25) is 9.59 Å². The molecule has 0 aliphatic carbocycles. The molecule has 2 N–H and O–H groups in total. The first kappa shape index (κ1) is 24.2. The number of aliphatic carboxylic acids is 1. The van der Waals surface area contributed by atoms with E-state index in [9.17, 15) is 9.59 Å². The number of carboxylic acids is 1. The average molecular weight is 253 g/mol. The molecule has 90 valence electrons. The average Bonchev–Trinajstić information content (AvgIpc) is 2.06. The number of hydrogen-bond acceptors (Lipinski definition) is 3. The largest absolute Gasteiger partial charge is 0.481 e. The number of Topliss-reactive ketones (excluding diaryl/α,β-unsaturated/α-hetero) is 1. The summed E-state index contributed by atoms with van der Waals surface area (Å²) in [4.78, 5) is 19.5. The Morgan fingerprint density at radius 1 is 1.27 bits per heavy atom. The van der Waals surface area contributed by atoms with E-state index in [-0.39, 0.29) is 33.9 Å². The molecule has 15 heavy (non-hydrogen) atoms. The molecule has 0 atom stereocenters. The van der Waals surface area contributed by atoms with Crippen LogP contribution in [0.3, 0.4) is 0 Å². The Balaban J connectivity index is -0.0000000675. The predicted molar refractivity (Wildman–Crippen MR) is 55.9 cm³/mol. The predicted octanol–water partition coefficient (Wildman–Crippen LogP) is 1.52. The Morgan fingerprint density at radius 2 is 1.53 bits per heavy atom. The number of carbonyl (C=O) groups is 2. The third-order valence-electron chi connectivity index (χ3n) is 0.765. The van der Waals surface area contributed by atoms with Gasteiger partial charge in [0.25, 0.3) is 0 Å². The van der Waals surface area contributed by atoms with Crippen molar-refractivity contribution in [1.29, 1.82) is 0 Å². The van der Waals surface area contributed by atoms with E-state index in [1.165, 1.54) is 6.92 Å². The molecule has 0 aromatic carbocycles. The van der Waals surface area contributed by atoms with Gasteiger partial charge in [-0.25, -0.2) is 0 Å².